The Kier molecular flexibility index (Phi) is 4.78. The van der Waals surface area contributed by atoms with Gasteiger partial charge in [-0.15, -0.1) is 0 Å². The largest absolute Gasteiger partial charge is 0.454 e. The van der Waals surface area contributed by atoms with E-state index in [9.17, 15) is 0 Å². The summed E-state index contributed by atoms with van der Waals surface area (Å²) in [6, 6.07) is 18.3. The number of fused-ring (bicyclic) bond motifs is 1. The van der Waals surface area contributed by atoms with E-state index in [1.54, 1.807) is 0 Å². The van der Waals surface area contributed by atoms with E-state index in [2.05, 4.69) is 39.7 Å². The van der Waals surface area contributed by atoms with Crippen LogP contribution in [0.25, 0.3) is 0 Å². The lowest BCUT2D eigenvalue weighted by Crippen LogP contribution is -2.10. The molecular formula is C21H22N4O2. The maximum atomic E-state index is 5.43. The van der Waals surface area contributed by atoms with Crippen molar-refractivity contribution in [2.45, 2.75) is 26.4 Å². The van der Waals surface area contributed by atoms with Gasteiger partial charge in [-0.1, -0.05) is 36.4 Å². The van der Waals surface area contributed by atoms with Gasteiger partial charge in [0.1, 0.15) is 17.5 Å². The van der Waals surface area contributed by atoms with Gasteiger partial charge in [0.15, 0.2) is 11.5 Å². The number of nitrogens with one attached hydrogen (secondary N) is 2. The van der Waals surface area contributed by atoms with Gasteiger partial charge >= 0.3 is 0 Å². The van der Waals surface area contributed by atoms with Crippen LogP contribution in [0.3, 0.4) is 0 Å². The fourth-order valence-corrected chi connectivity index (χ4v) is 3.02. The summed E-state index contributed by atoms with van der Waals surface area (Å²) >= 11 is 0. The minimum absolute atomic E-state index is 0.155. The van der Waals surface area contributed by atoms with Crippen LogP contribution >= 0.6 is 0 Å². The Balaban J connectivity index is 1.44. The van der Waals surface area contributed by atoms with Gasteiger partial charge in [-0.25, -0.2) is 9.97 Å². The van der Waals surface area contributed by atoms with Crippen molar-refractivity contribution in [1.29, 1.82) is 0 Å². The van der Waals surface area contributed by atoms with Crippen molar-refractivity contribution in [2.24, 2.45) is 0 Å². The lowest BCUT2D eigenvalue weighted by Gasteiger charge is -2.16. The smallest absolute Gasteiger partial charge is 0.231 e. The molecule has 6 heteroatoms. The second kappa shape index (κ2) is 7.53. The van der Waals surface area contributed by atoms with Gasteiger partial charge in [0.25, 0.3) is 0 Å². The number of anilines is 2. The van der Waals surface area contributed by atoms with Gasteiger partial charge < -0.3 is 20.1 Å². The van der Waals surface area contributed by atoms with E-state index in [0.717, 1.165) is 28.7 Å². The summed E-state index contributed by atoms with van der Waals surface area (Å²) in [6.07, 6.45) is 0. The third-order valence-corrected chi connectivity index (χ3v) is 4.41. The summed E-state index contributed by atoms with van der Waals surface area (Å²) in [7, 11) is 0. The number of hydrogen-bond donors (Lipinski definition) is 2. The van der Waals surface area contributed by atoms with Crippen LogP contribution in [0.2, 0.25) is 0 Å². The molecule has 0 bridgehead atoms. The molecule has 1 aromatic heterocycles. The Morgan fingerprint density at radius 3 is 2.59 bits per heavy atom. The van der Waals surface area contributed by atoms with Crippen LogP contribution in [-0.2, 0) is 6.54 Å². The predicted octanol–water partition coefficient (Wildman–Crippen LogP) is 4.30. The molecule has 1 aliphatic heterocycles. The molecule has 0 amide bonds. The van der Waals surface area contributed by atoms with Gasteiger partial charge in [-0.05, 0) is 37.1 Å². The highest BCUT2D eigenvalue weighted by Gasteiger charge is 2.13. The van der Waals surface area contributed by atoms with E-state index in [1.165, 1.54) is 5.56 Å². The first-order valence-corrected chi connectivity index (χ1v) is 8.97. The fraction of sp³-hybridized carbons (Fsp3) is 0.238. The highest BCUT2D eigenvalue weighted by molar-refractivity contribution is 5.50. The minimum atomic E-state index is 0.155. The SMILES string of the molecule is Cc1nc(NCc2ccc3c(c2)OCO3)cc(NC(C)c2ccccc2)n1. The molecule has 0 saturated carbocycles. The topological polar surface area (TPSA) is 68.3 Å². The van der Waals surface area contributed by atoms with Crippen LogP contribution in [0, 0.1) is 6.92 Å². The number of aryl methyl sites for hydroxylation is 1. The van der Waals surface area contributed by atoms with E-state index in [0.29, 0.717) is 12.4 Å². The van der Waals surface area contributed by atoms with Crippen molar-refractivity contribution in [3.8, 4) is 11.5 Å². The Morgan fingerprint density at radius 2 is 1.74 bits per heavy atom. The van der Waals surface area contributed by atoms with Crippen molar-refractivity contribution in [1.82, 2.24) is 9.97 Å². The van der Waals surface area contributed by atoms with Crippen molar-refractivity contribution < 1.29 is 9.47 Å². The number of aromatic nitrogens is 2. The van der Waals surface area contributed by atoms with Crippen LogP contribution in [0.15, 0.2) is 54.6 Å². The van der Waals surface area contributed by atoms with Gasteiger partial charge in [0, 0.05) is 18.7 Å². The number of benzene rings is 2. The molecule has 27 heavy (non-hydrogen) atoms. The molecule has 2 heterocycles. The monoisotopic (exact) mass is 362 g/mol. The molecule has 1 unspecified atom stereocenters. The number of nitrogens with zero attached hydrogens (tertiary/aromatic N) is 2. The van der Waals surface area contributed by atoms with E-state index >= 15 is 0 Å². The first-order chi connectivity index (χ1) is 13.2. The molecule has 3 aromatic rings. The zero-order chi connectivity index (χ0) is 18.6. The zero-order valence-corrected chi connectivity index (χ0v) is 15.4. The molecule has 1 aliphatic rings. The summed E-state index contributed by atoms with van der Waals surface area (Å²) in [5, 5.41) is 6.80. The predicted molar refractivity (Wildman–Crippen MR) is 105 cm³/mol. The van der Waals surface area contributed by atoms with Gasteiger partial charge in [-0.3, -0.25) is 0 Å². The van der Waals surface area contributed by atoms with Crippen LogP contribution in [-0.4, -0.2) is 16.8 Å². The first-order valence-electron chi connectivity index (χ1n) is 8.97. The molecular weight excluding hydrogens is 340 g/mol. The number of hydrogen-bond acceptors (Lipinski definition) is 6. The maximum Gasteiger partial charge on any atom is 0.231 e. The number of ether oxygens (including phenoxy) is 2. The molecule has 138 valence electrons. The van der Waals surface area contributed by atoms with Crippen LogP contribution in [0.1, 0.15) is 29.9 Å². The van der Waals surface area contributed by atoms with Gasteiger partial charge in [-0.2, -0.15) is 0 Å². The zero-order valence-electron chi connectivity index (χ0n) is 15.4. The maximum absolute atomic E-state index is 5.43. The molecule has 6 nitrogen and oxygen atoms in total. The lowest BCUT2D eigenvalue weighted by molar-refractivity contribution is 0.174. The summed E-state index contributed by atoms with van der Waals surface area (Å²) in [5.41, 5.74) is 2.31. The van der Waals surface area contributed by atoms with Crippen LogP contribution in [0.5, 0.6) is 11.5 Å². The Labute approximate surface area is 158 Å². The normalized spacial score (nSPS) is 13.3. The molecule has 0 fully saturated rings. The highest BCUT2D eigenvalue weighted by atomic mass is 16.7. The Morgan fingerprint density at radius 1 is 0.963 bits per heavy atom. The van der Waals surface area contributed by atoms with Crippen molar-refractivity contribution in [3.63, 3.8) is 0 Å². The molecule has 0 radical (unpaired) electrons. The van der Waals surface area contributed by atoms with Crippen LogP contribution in [0.4, 0.5) is 11.6 Å². The fourth-order valence-electron chi connectivity index (χ4n) is 3.02. The summed E-state index contributed by atoms with van der Waals surface area (Å²) in [6.45, 7) is 4.93. The quantitative estimate of drug-likeness (QED) is 0.681. The average molecular weight is 362 g/mol. The molecule has 1 atom stereocenters. The Bertz CT molecular complexity index is 931. The lowest BCUT2D eigenvalue weighted by atomic mass is 10.1. The summed E-state index contributed by atoms with van der Waals surface area (Å²) in [5.74, 6) is 3.87. The van der Waals surface area contributed by atoms with E-state index in [1.807, 2.05) is 49.4 Å². The van der Waals surface area contributed by atoms with Crippen molar-refractivity contribution in [2.75, 3.05) is 17.4 Å². The average Bonchev–Trinajstić information content (AvgIpc) is 3.14. The number of rotatable bonds is 6. The molecule has 4 rings (SSSR count). The molecule has 0 spiro atoms. The molecule has 0 aliphatic carbocycles. The third-order valence-electron chi connectivity index (χ3n) is 4.41. The third kappa shape index (κ3) is 4.11. The summed E-state index contributed by atoms with van der Waals surface area (Å²) in [4.78, 5) is 8.99. The minimum Gasteiger partial charge on any atom is -0.454 e. The first kappa shape index (κ1) is 17.1. The summed E-state index contributed by atoms with van der Waals surface area (Å²) < 4.78 is 10.8. The molecule has 2 aromatic carbocycles. The molecule has 2 N–H and O–H groups in total. The highest BCUT2D eigenvalue weighted by Crippen LogP contribution is 2.32. The van der Waals surface area contributed by atoms with Crippen molar-refractivity contribution >= 4 is 11.6 Å². The standard InChI is InChI=1S/C21H22N4O2/c1-14(17-6-4-3-5-7-17)23-21-11-20(24-15(2)25-21)22-12-16-8-9-18-19(10-16)27-13-26-18/h3-11,14H,12-13H2,1-2H3,(H2,22,23,24,25). The Hall–Kier alpha value is -3.28. The van der Waals surface area contributed by atoms with E-state index in [-0.39, 0.29) is 12.8 Å². The second-order valence-electron chi connectivity index (χ2n) is 6.50. The second-order valence-corrected chi connectivity index (χ2v) is 6.50. The van der Waals surface area contributed by atoms with E-state index in [4.69, 9.17) is 9.47 Å². The van der Waals surface area contributed by atoms with Crippen LogP contribution < -0.4 is 20.1 Å². The van der Waals surface area contributed by atoms with Gasteiger partial charge in [0.2, 0.25) is 6.79 Å². The molecule has 0 saturated heterocycles. The van der Waals surface area contributed by atoms with Gasteiger partial charge in [0.05, 0.1) is 0 Å². The van der Waals surface area contributed by atoms with E-state index < -0.39 is 0 Å². The van der Waals surface area contributed by atoms with Crippen molar-refractivity contribution in [3.05, 3.63) is 71.5 Å².